The molecule has 100 valence electrons. The Balaban J connectivity index is 2.37. The number of aryl methyl sites for hydroxylation is 1. The number of methoxy groups -OCH3 is 1. The molecular formula is C15H18N2O2. The minimum atomic E-state index is 0.0604. The maximum Gasteiger partial charge on any atom is 0.159 e. The molecule has 0 radical (unpaired) electrons. The molecule has 1 aromatic carbocycles. The molecule has 0 aliphatic rings. The number of aromatic nitrogens is 2. The van der Waals surface area contributed by atoms with Crippen molar-refractivity contribution in [3.63, 3.8) is 0 Å². The Morgan fingerprint density at radius 2 is 2.21 bits per heavy atom. The van der Waals surface area contributed by atoms with Crippen LogP contribution in [0, 0.1) is 0 Å². The Morgan fingerprint density at radius 1 is 1.42 bits per heavy atom. The van der Waals surface area contributed by atoms with E-state index in [1.54, 1.807) is 26.3 Å². The predicted molar refractivity (Wildman–Crippen MR) is 73.7 cm³/mol. The molecule has 0 spiro atoms. The van der Waals surface area contributed by atoms with Gasteiger partial charge in [0.25, 0.3) is 0 Å². The zero-order chi connectivity index (χ0) is 13.8. The lowest BCUT2D eigenvalue weighted by Crippen LogP contribution is -2.06. The summed E-state index contributed by atoms with van der Waals surface area (Å²) in [7, 11) is 1.64. The molecule has 0 amide bonds. The van der Waals surface area contributed by atoms with Crippen LogP contribution in [0.2, 0.25) is 0 Å². The molecule has 0 fully saturated rings. The first-order valence-electron chi connectivity index (χ1n) is 6.33. The lowest BCUT2D eigenvalue weighted by molar-refractivity contribution is 0.101. The highest BCUT2D eigenvalue weighted by atomic mass is 16.5. The fraction of sp³-hybridized carbons (Fsp3) is 0.333. The second-order valence-electron chi connectivity index (χ2n) is 4.41. The fourth-order valence-corrected chi connectivity index (χ4v) is 2.10. The van der Waals surface area contributed by atoms with Crippen molar-refractivity contribution < 1.29 is 9.53 Å². The normalized spacial score (nSPS) is 10.5. The van der Waals surface area contributed by atoms with Gasteiger partial charge in [0, 0.05) is 29.9 Å². The van der Waals surface area contributed by atoms with Crippen LogP contribution in [0.25, 0.3) is 0 Å². The SMILES string of the molecule is CCc1nccn1Cc1cc(C(C)=O)ccc1OC. The molecule has 4 heteroatoms. The first kappa shape index (κ1) is 13.3. The monoisotopic (exact) mass is 258 g/mol. The van der Waals surface area contributed by atoms with E-state index in [-0.39, 0.29) is 5.78 Å². The van der Waals surface area contributed by atoms with Gasteiger partial charge in [-0.05, 0) is 25.1 Å². The number of carbonyl (C=O) groups excluding carboxylic acids is 1. The van der Waals surface area contributed by atoms with Crippen LogP contribution in [0.5, 0.6) is 5.75 Å². The summed E-state index contributed by atoms with van der Waals surface area (Å²) >= 11 is 0. The van der Waals surface area contributed by atoms with E-state index in [1.165, 1.54) is 0 Å². The van der Waals surface area contributed by atoms with Gasteiger partial charge >= 0.3 is 0 Å². The summed E-state index contributed by atoms with van der Waals surface area (Å²) in [6.07, 6.45) is 4.61. The van der Waals surface area contributed by atoms with Crippen molar-refractivity contribution in [3.8, 4) is 5.75 Å². The molecule has 0 atom stereocenters. The van der Waals surface area contributed by atoms with Crippen LogP contribution in [0.1, 0.15) is 35.6 Å². The minimum absolute atomic E-state index is 0.0604. The number of imidazole rings is 1. The van der Waals surface area contributed by atoms with Gasteiger partial charge in [-0.2, -0.15) is 0 Å². The molecule has 0 aliphatic heterocycles. The minimum Gasteiger partial charge on any atom is -0.496 e. The van der Waals surface area contributed by atoms with E-state index < -0.39 is 0 Å². The molecule has 0 unspecified atom stereocenters. The second-order valence-corrected chi connectivity index (χ2v) is 4.41. The van der Waals surface area contributed by atoms with E-state index in [1.807, 2.05) is 18.3 Å². The van der Waals surface area contributed by atoms with Gasteiger partial charge in [0.15, 0.2) is 5.78 Å². The van der Waals surface area contributed by atoms with Crippen molar-refractivity contribution in [1.29, 1.82) is 0 Å². The highest BCUT2D eigenvalue weighted by Gasteiger charge is 2.09. The number of ketones is 1. The number of Topliss-reactive ketones (excluding diaryl/α,β-unsaturated/α-hetero) is 1. The Bertz CT molecular complexity index is 588. The fourth-order valence-electron chi connectivity index (χ4n) is 2.10. The van der Waals surface area contributed by atoms with E-state index in [4.69, 9.17) is 4.74 Å². The third-order valence-electron chi connectivity index (χ3n) is 3.15. The summed E-state index contributed by atoms with van der Waals surface area (Å²) in [5.74, 6) is 1.88. The molecule has 0 aliphatic carbocycles. The molecule has 0 saturated carbocycles. The van der Waals surface area contributed by atoms with Gasteiger partial charge in [0.2, 0.25) is 0 Å². The largest absolute Gasteiger partial charge is 0.496 e. The van der Waals surface area contributed by atoms with Gasteiger partial charge in [0.1, 0.15) is 11.6 Å². The predicted octanol–water partition coefficient (Wildman–Crippen LogP) is 2.71. The van der Waals surface area contributed by atoms with Crippen molar-refractivity contribution in [2.45, 2.75) is 26.8 Å². The summed E-state index contributed by atoms with van der Waals surface area (Å²) in [4.78, 5) is 15.8. The zero-order valence-corrected chi connectivity index (χ0v) is 11.5. The van der Waals surface area contributed by atoms with E-state index in [2.05, 4.69) is 16.5 Å². The number of hydrogen-bond donors (Lipinski definition) is 0. The highest BCUT2D eigenvalue weighted by molar-refractivity contribution is 5.94. The molecule has 2 aromatic rings. The molecule has 1 heterocycles. The van der Waals surface area contributed by atoms with Crippen molar-refractivity contribution in [1.82, 2.24) is 9.55 Å². The number of hydrogen-bond acceptors (Lipinski definition) is 3. The Hall–Kier alpha value is -2.10. The van der Waals surface area contributed by atoms with Crippen LogP contribution in [0.4, 0.5) is 0 Å². The topological polar surface area (TPSA) is 44.1 Å². The molecular weight excluding hydrogens is 240 g/mol. The average Bonchev–Trinajstić information content (AvgIpc) is 2.85. The number of ether oxygens (including phenoxy) is 1. The highest BCUT2D eigenvalue weighted by Crippen LogP contribution is 2.22. The smallest absolute Gasteiger partial charge is 0.159 e. The second kappa shape index (κ2) is 5.69. The van der Waals surface area contributed by atoms with Gasteiger partial charge < -0.3 is 9.30 Å². The molecule has 0 bridgehead atoms. The first-order valence-corrected chi connectivity index (χ1v) is 6.33. The first-order chi connectivity index (χ1) is 9.15. The maximum absolute atomic E-state index is 11.5. The Morgan fingerprint density at radius 3 is 2.84 bits per heavy atom. The van der Waals surface area contributed by atoms with Crippen LogP contribution in [-0.2, 0) is 13.0 Å². The number of benzene rings is 1. The number of nitrogens with zero attached hydrogens (tertiary/aromatic N) is 2. The summed E-state index contributed by atoms with van der Waals surface area (Å²) in [5, 5.41) is 0. The van der Waals surface area contributed by atoms with Crippen LogP contribution in [0.3, 0.4) is 0 Å². The summed E-state index contributed by atoms with van der Waals surface area (Å²) in [6, 6.07) is 5.52. The molecule has 0 N–H and O–H groups in total. The molecule has 1 aromatic heterocycles. The van der Waals surface area contributed by atoms with Gasteiger partial charge in [-0.15, -0.1) is 0 Å². The van der Waals surface area contributed by atoms with Gasteiger partial charge in [-0.25, -0.2) is 4.98 Å². The lowest BCUT2D eigenvalue weighted by atomic mass is 10.1. The van der Waals surface area contributed by atoms with Gasteiger partial charge in [-0.1, -0.05) is 6.92 Å². The summed E-state index contributed by atoms with van der Waals surface area (Å²) in [6.45, 7) is 4.30. The third kappa shape index (κ3) is 2.84. The number of rotatable bonds is 5. The van der Waals surface area contributed by atoms with Gasteiger partial charge in [-0.3, -0.25) is 4.79 Å². The van der Waals surface area contributed by atoms with Crippen molar-refractivity contribution in [2.24, 2.45) is 0 Å². The summed E-state index contributed by atoms with van der Waals surface area (Å²) < 4.78 is 7.43. The average molecular weight is 258 g/mol. The van der Waals surface area contributed by atoms with E-state index >= 15 is 0 Å². The van der Waals surface area contributed by atoms with Crippen molar-refractivity contribution in [3.05, 3.63) is 47.5 Å². The van der Waals surface area contributed by atoms with Crippen LogP contribution >= 0.6 is 0 Å². The summed E-state index contributed by atoms with van der Waals surface area (Å²) in [5.41, 5.74) is 1.69. The van der Waals surface area contributed by atoms with Crippen LogP contribution in [0.15, 0.2) is 30.6 Å². The molecule has 2 rings (SSSR count). The lowest BCUT2D eigenvalue weighted by Gasteiger charge is -2.12. The van der Waals surface area contributed by atoms with E-state index in [9.17, 15) is 4.79 Å². The van der Waals surface area contributed by atoms with Gasteiger partial charge in [0.05, 0.1) is 13.7 Å². The van der Waals surface area contributed by atoms with E-state index in [0.29, 0.717) is 12.1 Å². The standard InChI is InChI=1S/C15H18N2O2/c1-4-15-16-7-8-17(15)10-13-9-12(11(2)18)5-6-14(13)19-3/h5-9H,4,10H2,1-3H3. The Kier molecular flexibility index (Phi) is 4.00. The van der Waals surface area contributed by atoms with Crippen molar-refractivity contribution >= 4 is 5.78 Å². The molecule has 0 saturated heterocycles. The van der Waals surface area contributed by atoms with E-state index in [0.717, 1.165) is 23.6 Å². The zero-order valence-electron chi connectivity index (χ0n) is 11.5. The third-order valence-corrected chi connectivity index (χ3v) is 3.15. The van der Waals surface area contributed by atoms with Crippen LogP contribution < -0.4 is 4.74 Å². The molecule has 4 nitrogen and oxygen atoms in total. The maximum atomic E-state index is 11.5. The quantitative estimate of drug-likeness (QED) is 0.774. The number of carbonyl (C=O) groups is 1. The molecule has 19 heavy (non-hydrogen) atoms. The Labute approximate surface area is 113 Å². The van der Waals surface area contributed by atoms with Crippen molar-refractivity contribution in [2.75, 3.05) is 7.11 Å². The van der Waals surface area contributed by atoms with Crippen LogP contribution in [-0.4, -0.2) is 22.4 Å².